The molecule has 2 rings (SSSR count). The highest BCUT2D eigenvalue weighted by molar-refractivity contribution is 9.11. The fourth-order valence-corrected chi connectivity index (χ4v) is 3.99. The first kappa shape index (κ1) is 19.0. The molecule has 1 aromatic carbocycles. The molecule has 1 aliphatic heterocycles. The van der Waals surface area contributed by atoms with Gasteiger partial charge in [0.1, 0.15) is 12.3 Å². The molecule has 1 fully saturated rings. The van der Waals surface area contributed by atoms with Gasteiger partial charge in [-0.2, -0.15) is 0 Å². The Morgan fingerprint density at radius 3 is 2.67 bits per heavy atom. The zero-order valence-corrected chi connectivity index (χ0v) is 16.7. The number of ether oxygens (including phenoxy) is 1. The van der Waals surface area contributed by atoms with Crippen molar-refractivity contribution in [2.45, 2.75) is 20.0 Å². The van der Waals surface area contributed by atoms with Gasteiger partial charge < -0.3 is 9.84 Å². The second kappa shape index (κ2) is 7.71. The van der Waals surface area contributed by atoms with Crippen LogP contribution in [0.15, 0.2) is 26.0 Å². The van der Waals surface area contributed by atoms with Gasteiger partial charge in [0, 0.05) is 10.0 Å². The molecule has 0 saturated carbocycles. The third-order valence-corrected chi connectivity index (χ3v) is 4.84. The van der Waals surface area contributed by atoms with E-state index in [-0.39, 0.29) is 16.8 Å². The lowest BCUT2D eigenvalue weighted by Crippen LogP contribution is -2.35. The second-order valence-electron chi connectivity index (χ2n) is 5.13. The fourth-order valence-electron chi connectivity index (χ4n) is 1.90. The normalized spacial score (nSPS) is 16.4. The molecule has 0 radical (unpaired) electrons. The molecule has 9 heteroatoms. The van der Waals surface area contributed by atoms with E-state index in [1.807, 2.05) is 0 Å². The minimum atomic E-state index is -0.651. The maximum Gasteiger partial charge on any atom is 0.326 e. The van der Waals surface area contributed by atoms with Crippen molar-refractivity contribution in [1.29, 1.82) is 0 Å². The van der Waals surface area contributed by atoms with Gasteiger partial charge in [0.25, 0.3) is 11.1 Å². The lowest BCUT2D eigenvalue weighted by Gasteiger charge is -2.13. The van der Waals surface area contributed by atoms with Crippen LogP contribution in [-0.4, -0.2) is 39.8 Å². The maximum atomic E-state index is 12.3. The molecule has 6 nitrogen and oxygen atoms in total. The first-order valence-electron chi connectivity index (χ1n) is 6.82. The Morgan fingerprint density at radius 1 is 1.38 bits per heavy atom. The van der Waals surface area contributed by atoms with Crippen molar-refractivity contribution in [3.05, 3.63) is 31.5 Å². The van der Waals surface area contributed by atoms with Gasteiger partial charge in [-0.1, -0.05) is 15.9 Å². The number of phenolic OH excluding ortho intramolecular Hbond substituents is 1. The Bertz CT molecular complexity index is 748. The fraction of sp³-hybridized carbons (Fsp3) is 0.267. The number of rotatable bonds is 4. The number of benzene rings is 1. The summed E-state index contributed by atoms with van der Waals surface area (Å²) in [6, 6.07) is 3.27. The van der Waals surface area contributed by atoms with Crippen molar-refractivity contribution in [1.82, 2.24) is 4.90 Å². The lowest BCUT2D eigenvalue weighted by molar-refractivity contribution is -0.149. The number of thioether (sulfide) groups is 1. The van der Waals surface area contributed by atoms with Gasteiger partial charge in [0.15, 0.2) is 0 Å². The number of esters is 1. The molecule has 128 valence electrons. The average molecular weight is 479 g/mol. The van der Waals surface area contributed by atoms with Crippen LogP contribution >= 0.6 is 43.6 Å². The molecule has 24 heavy (non-hydrogen) atoms. The van der Waals surface area contributed by atoms with Gasteiger partial charge in [-0.15, -0.1) is 0 Å². The summed E-state index contributed by atoms with van der Waals surface area (Å²) in [6.45, 7) is 2.92. The molecular weight excluding hydrogens is 466 g/mol. The van der Waals surface area contributed by atoms with Gasteiger partial charge in [-0.25, -0.2) is 0 Å². The molecule has 1 N–H and O–H groups in total. The molecule has 0 aliphatic carbocycles. The van der Waals surface area contributed by atoms with E-state index in [9.17, 15) is 19.5 Å². The van der Waals surface area contributed by atoms with Crippen LogP contribution in [0.2, 0.25) is 0 Å². The van der Waals surface area contributed by atoms with E-state index in [2.05, 4.69) is 31.9 Å². The highest BCUT2D eigenvalue weighted by atomic mass is 79.9. The Hall–Kier alpha value is -1.32. The number of amides is 2. The number of aromatic hydroxyl groups is 1. The smallest absolute Gasteiger partial charge is 0.326 e. The van der Waals surface area contributed by atoms with Crippen LogP contribution in [0.25, 0.3) is 6.08 Å². The van der Waals surface area contributed by atoms with Crippen molar-refractivity contribution in [3.8, 4) is 5.75 Å². The highest BCUT2D eigenvalue weighted by Crippen LogP contribution is 2.37. The maximum absolute atomic E-state index is 12.3. The molecule has 0 bridgehead atoms. The SMILES string of the molecule is CC(C)OC(=O)CN1C(=O)S/C(=C/c2cc(Br)cc(Br)c2O)C1=O. The quantitative estimate of drug-likeness (QED) is 0.521. The number of halogens is 2. The number of imide groups is 1. The zero-order chi connectivity index (χ0) is 18.0. The summed E-state index contributed by atoms with van der Waals surface area (Å²) in [6.07, 6.45) is 1.08. The van der Waals surface area contributed by atoms with Crippen molar-refractivity contribution in [2.75, 3.05) is 6.54 Å². The minimum absolute atomic E-state index is 0.0517. The lowest BCUT2D eigenvalue weighted by atomic mass is 10.2. The summed E-state index contributed by atoms with van der Waals surface area (Å²) in [4.78, 5) is 36.9. The molecule has 1 saturated heterocycles. The Labute approximate surface area is 159 Å². The summed E-state index contributed by atoms with van der Waals surface area (Å²) in [5, 5.41) is 9.48. The van der Waals surface area contributed by atoms with E-state index in [4.69, 9.17) is 4.74 Å². The minimum Gasteiger partial charge on any atom is -0.506 e. The molecular formula is C15H13Br2NO5S. The van der Waals surface area contributed by atoms with Gasteiger partial charge in [0.05, 0.1) is 15.5 Å². The largest absolute Gasteiger partial charge is 0.506 e. The van der Waals surface area contributed by atoms with E-state index in [1.54, 1.807) is 26.0 Å². The van der Waals surface area contributed by atoms with Gasteiger partial charge in [0.2, 0.25) is 0 Å². The molecule has 0 spiro atoms. The Balaban J connectivity index is 2.24. The van der Waals surface area contributed by atoms with Gasteiger partial charge >= 0.3 is 5.97 Å². The van der Waals surface area contributed by atoms with E-state index in [1.165, 1.54) is 6.08 Å². The van der Waals surface area contributed by atoms with E-state index in [0.717, 1.165) is 4.90 Å². The molecule has 0 atom stereocenters. The van der Waals surface area contributed by atoms with Crippen LogP contribution in [-0.2, 0) is 14.3 Å². The zero-order valence-electron chi connectivity index (χ0n) is 12.7. The van der Waals surface area contributed by atoms with Crippen molar-refractivity contribution < 1.29 is 24.2 Å². The molecule has 0 aromatic heterocycles. The van der Waals surface area contributed by atoms with Gasteiger partial charge in [-0.05, 0) is 59.7 Å². The summed E-state index contributed by atoms with van der Waals surface area (Å²) >= 11 is 7.20. The predicted molar refractivity (Wildman–Crippen MR) is 97.4 cm³/mol. The third kappa shape index (κ3) is 4.40. The van der Waals surface area contributed by atoms with E-state index in [0.29, 0.717) is 26.3 Å². The average Bonchev–Trinajstić information content (AvgIpc) is 2.71. The van der Waals surface area contributed by atoms with Crippen LogP contribution in [0.3, 0.4) is 0 Å². The number of carbonyl (C=O) groups is 3. The standard InChI is InChI=1S/C15H13Br2NO5S/c1-7(2)23-12(19)6-18-14(21)11(24-15(18)22)4-8-3-9(16)5-10(17)13(8)20/h3-5,7,20H,6H2,1-2H3/b11-4+. The number of hydrogen-bond donors (Lipinski definition) is 1. The Morgan fingerprint density at radius 2 is 2.04 bits per heavy atom. The second-order valence-corrected chi connectivity index (χ2v) is 7.90. The first-order chi connectivity index (χ1) is 11.2. The van der Waals surface area contributed by atoms with Crippen molar-refractivity contribution >= 4 is 66.8 Å². The van der Waals surface area contributed by atoms with Crippen molar-refractivity contribution in [2.24, 2.45) is 0 Å². The van der Waals surface area contributed by atoms with Crippen LogP contribution < -0.4 is 0 Å². The molecule has 1 aliphatic rings. The summed E-state index contributed by atoms with van der Waals surface area (Å²) in [7, 11) is 0. The summed E-state index contributed by atoms with van der Waals surface area (Å²) in [5.74, 6) is -1.30. The van der Waals surface area contributed by atoms with Crippen molar-refractivity contribution in [3.63, 3.8) is 0 Å². The molecule has 1 heterocycles. The van der Waals surface area contributed by atoms with Gasteiger partial charge in [-0.3, -0.25) is 19.3 Å². The topological polar surface area (TPSA) is 83.9 Å². The predicted octanol–water partition coefficient (Wildman–Crippen LogP) is 3.91. The highest BCUT2D eigenvalue weighted by Gasteiger charge is 2.37. The number of carbonyl (C=O) groups excluding carboxylic acids is 3. The molecule has 1 aromatic rings. The van der Waals surface area contributed by atoms with E-state index < -0.39 is 23.7 Å². The first-order valence-corrected chi connectivity index (χ1v) is 9.22. The van der Waals surface area contributed by atoms with Crippen LogP contribution in [0, 0.1) is 0 Å². The third-order valence-electron chi connectivity index (χ3n) is 2.87. The number of hydrogen-bond acceptors (Lipinski definition) is 6. The van der Waals surface area contributed by atoms with Crippen LogP contribution in [0.4, 0.5) is 4.79 Å². The number of nitrogens with zero attached hydrogens (tertiary/aromatic N) is 1. The van der Waals surface area contributed by atoms with Crippen LogP contribution in [0.1, 0.15) is 19.4 Å². The monoisotopic (exact) mass is 477 g/mol. The van der Waals surface area contributed by atoms with E-state index >= 15 is 0 Å². The summed E-state index contributed by atoms with van der Waals surface area (Å²) in [5.41, 5.74) is 0.367. The molecule has 2 amide bonds. The number of phenols is 1. The molecule has 0 unspecified atom stereocenters. The summed E-state index contributed by atoms with van der Waals surface area (Å²) < 4.78 is 6.09. The van der Waals surface area contributed by atoms with Crippen LogP contribution in [0.5, 0.6) is 5.75 Å². The Kier molecular flexibility index (Phi) is 6.11.